The van der Waals surface area contributed by atoms with Crippen LogP contribution in [0.4, 0.5) is 0 Å². The number of methoxy groups -OCH3 is 1. The zero-order chi connectivity index (χ0) is 13.2. The second-order valence-electron chi connectivity index (χ2n) is 4.23. The van der Waals surface area contributed by atoms with E-state index in [9.17, 15) is 8.42 Å². The molecule has 1 aromatic rings. The van der Waals surface area contributed by atoms with E-state index in [0.29, 0.717) is 0 Å². The lowest BCUT2D eigenvalue weighted by Gasteiger charge is -2.19. The molecule has 100 valence electrons. The zero-order valence-corrected chi connectivity index (χ0v) is 11.5. The third-order valence-electron chi connectivity index (χ3n) is 3.08. The van der Waals surface area contributed by atoms with Crippen LogP contribution in [0.15, 0.2) is 23.2 Å². The molecule has 2 unspecified atom stereocenters. The van der Waals surface area contributed by atoms with E-state index in [1.54, 1.807) is 13.2 Å². The van der Waals surface area contributed by atoms with Crippen LogP contribution < -0.4 is 4.72 Å². The van der Waals surface area contributed by atoms with E-state index in [4.69, 9.17) is 16.3 Å². The molecule has 0 spiro atoms. The second kappa shape index (κ2) is 5.52. The minimum atomic E-state index is -3.64. The summed E-state index contributed by atoms with van der Waals surface area (Å²) in [5.41, 5.74) is 0. The summed E-state index contributed by atoms with van der Waals surface area (Å²) in [5.74, 6) is 0. The molecule has 0 saturated heterocycles. The van der Waals surface area contributed by atoms with Crippen LogP contribution in [0.25, 0.3) is 0 Å². The zero-order valence-electron chi connectivity index (χ0n) is 9.97. The molecule has 1 heterocycles. The molecule has 0 radical (unpaired) electrons. The first-order valence-corrected chi connectivity index (χ1v) is 7.56. The standard InChI is InChI=1S/C11H15ClN2O3S/c1-17-9-5-2-4-8(9)14-18(15,16)10-6-3-7-13-11(10)12/h3,6-9,14H,2,4-5H2,1H3. The van der Waals surface area contributed by atoms with E-state index in [-0.39, 0.29) is 22.2 Å². The number of hydrogen-bond acceptors (Lipinski definition) is 4. The molecule has 2 rings (SSSR count). The van der Waals surface area contributed by atoms with Gasteiger partial charge in [-0.15, -0.1) is 0 Å². The number of pyridine rings is 1. The highest BCUT2D eigenvalue weighted by Gasteiger charge is 2.32. The van der Waals surface area contributed by atoms with Crippen molar-refractivity contribution < 1.29 is 13.2 Å². The highest BCUT2D eigenvalue weighted by molar-refractivity contribution is 7.89. The Kier molecular flexibility index (Phi) is 4.21. The number of nitrogens with zero attached hydrogens (tertiary/aromatic N) is 1. The van der Waals surface area contributed by atoms with Gasteiger partial charge in [0.05, 0.1) is 6.10 Å². The fraction of sp³-hybridized carbons (Fsp3) is 0.545. The Hall–Kier alpha value is -0.690. The van der Waals surface area contributed by atoms with Gasteiger partial charge in [-0.3, -0.25) is 0 Å². The van der Waals surface area contributed by atoms with Crippen LogP contribution in [0.2, 0.25) is 5.15 Å². The van der Waals surface area contributed by atoms with Gasteiger partial charge in [-0.2, -0.15) is 0 Å². The van der Waals surface area contributed by atoms with Crippen LogP contribution in [0.3, 0.4) is 0 Å². The van der Waals surface area contributed by atoms with Crippen molar-refractivity contribution in [2.45, 2.75) is 36.3 Å². The molecule has 0 aromatic carbocycles. The molecule has 5 nitrogen and oxygen atoms in total. The predicted molar refractivity (Wildman–Crippen MR) is 68.0 cm³/mol. The van der Waals surface area contributed by atoms with Gasteiger partial charge in [0.15, 0.2) is 0 Å². The van der Waals surface area contributed by atoms with Gasteiger partial charge in [-0.1, -0.05) is 11.6 Å². The molecule has 0 amide bonds. The van der Waals surface area contributed by atoms with E-state index >= 15 is 0 Å². The minimum absolute atomic E-state index is 0.00780. The number of sulfonamides is 1. The Morgan fingerprint density at radius 1 is 1.50 bits per heavy atom. The molecule has 1 fully saturated rings. The van der Waals surface area contributed by atoms with Crippen LogP contribution in [0.5, 0.6) is 0 Å². The van der Waals surface area contributed by atoms with Crippen molar-refractivity contribution in [1.29, 1.82) is 0 Å². The average Bonchev–Trinajstić information content (AvgIpc) is 2.76. The van der Waals surface area contributed by atoms with Gasteiger partial charge in [0, 0.05) is 19.3 Å². The average molecular weight is 291 g/mol. The number of aromatic nitrogens is 1. The molecule has 1 aliphatic rings. The van der Waals surface area contributed by atoms with Crippen molar-refractivity contribution in [3.05, 3.63) is 23.5 Å². The van der Waals surface area contributed by atoms with Crippen molar-refractivity contribution >= 4 is 21.6 Å². The van der Waals surface area contributed by atoms with Crippen molar-refractivity contribution in [2.75, 3.05) is 7.11 Å². The third kappa shape index (κ3) is 2.83. The van der Waals surface area contributed by atoms with Gasteiger partial charge < -0.3 is 4.74 Å². The maximum absolute atomic E-state index is 12.2. The summed E-state index contributed by atoms with van der Waals surface area (Å²) < 4.78 is 32.3. The molecular formula is C11H15ClN2O3S. The molecule has 7 heteroatoms. The quantitative estimate of drug-likeness (QED) is 0.855. The molecule has 1 saturated carbocycles. The Balaban J connectivity index is 2.20. The summed E-state index contributed by atoms with van der Waals surface area (Å²) in [5, 5.41) is -0.0167. The van der Waals surface area contributed by atoms with E-state index < -0.39 is 10.0 Å². The number of nitrogens with one attached hydrogen (secondary N) is 1. The van der Waals surface area contributed by atoms with E-state index in [1.807, 2.05) is 0 Å². The highest BCUT2D eigenvalue weighted by atomic mass is 35.5. The van der Waals surface area contributed by atoms with Crippen LogP contribution in [0, 0.1) is 0 Å². The molecule has 0 aliphatic heterocycles. The van der Waals surface area contributed by atoms with E-state index in [1.165, 1.54) is 12.3 Å². The molecule has 1 aliphatic carbocycles. The first-order valence-electron chi connectivity index (χ1n) is 5.70. The lowest BCUT2D eigenvalue weighted by molar-refractivity contribution is 0.0916. The van der Waals surface area contributed by atoms with Crippen LogP contribution in [-0.4, -0.2) is 32.7 Å². The highest BCUT2D eigenvalue weighted by Crippen LogP contribution is 2.25. The Morgan fingerprint density at radius 3 is 2.94 bits per heavy atom. The summed E-state index contributed by atoms with van der Waals surface area (Å²) in [7, 11) is -2.05. The smallest absolute Gasteiger partial charge is 0.243 e. The summed E-state index contributed by atoms with van der Waals surface area (Å²) in [6.45, 7) is 0. The van der Waals surface area contributed by atoms with Gasteiger partial charge in [0.1, 0.15) is 10.0 Å². The summed E-state index contributed by atoms with van der Waals surface area (Å²) >= 11 is 5.80. The van der Waals surface area contributed by atoms with Crippen molar-refractivity contribution in [1.82, 2.24) is 9.71 Å². The topological polar surface area (TPSA) is 68.3 Å². The predicted octanol–water partition coefficient (Wildman–Crippen LogP) is 1.58. The number of ether oxygens (including phenoxy) is 1. The normalized spacial score (nSPS) is 24.3. The van der Waals surface area contributed by atoms with Gasteiger partial charge in [-0.25, -0.2) is 18.1 Å². The van der Waals surface area contributed by atoms with Gasteiger partial charge >= 0.3 is 0 Å². The molecule has 0 bridgehead atoms. The lowest BCUT2D eigenvalue weighted by atomic mass is 10.2. The molecule has 1 N–H and O–H groups in total. The maximum Gasteiger partial charge on any atom is 0.243 e. The molecule has 1 aromatic heterocycles. The Morgan fingerprint density at radius 2 is 2.28 bits per heavy atom. The summed E-state index contributed by atoms with van der Waals surface area (Å²) in [6.07, 6.45) is 3.97. The summed E-state index contributed by atoms with van der Waals surface area (Å²) in [4.78, 5) is 3.78. The van der Waals surface area contributed by atoms with Crippen LogP contribution in [0.1, 0.15) is 19.3 Å². The number of halogens is 1. The lowest BCUT2D eigenvalue weighted by Crippen LogP contribution is -2.40. The minimum Gasteiger partial charge on any atom is -0.380 e. The first kappa shape index (κ1) is 13.7. The first-order chi connectivity index (χ1) is 8.54. The van der Waals surface area contributed by atoms with Crippen LogP contribution in [-0.2, 0) is 14.8 Å². The second-order valence-corrected chi connectivity index (χ2v) is 6.27. The monoisotopic (exact) mass is 290 g/mol. The van der Waals surface area contributed by atoms with Gasteiger partial charge in [0.25, 0.3) is 0 Å². The van der Waals surface area contributed by atoms with Crippen molar-refractivity contribution in [3.63, 3.8) is 0 Å². The molecule has 2 atom stereocenters. The third-order valence-corrected chi connectivity index (χ3v) is 5.01. The van der Waals surface area contributed by atoms with E-state index in [2.05, 4.69) is 9.71 Å². The molecular weight excluding hydrogens is 276 g/mol. The van der Waals surface area contributed by atoms with Crippen molar-refractivity contribution in [3.8, 4) is 0 Å². The van der Waals surface area contributed by atoms with E-state index in [0.717, 1.165) is 19.3 Å². The van der Waals surface area contributed by atoms with Gasteiger partial charge in [0.2, 0.25) is 10.0 Å². The number of rotatable bonds is 4. The SMILES string of the molecule is COC1CCCC1NS(=O)(=O)c1cccnc1Cl. The fourth-order valence-electron chi connectivity index (χ4n) is 2.18. The fourth-order valence-corrected chi connectivity index (χ4v) is 3.93. The van der Waals surface area contributed by atoms with Crippen LogP contribution >= 0.6 is 11.6 Å². The maximum atomic E-state index is 12.2. The Bertz CT molecular complexity index is 521. The van der Waals surface area contributed by atoms with Gasteiger partial charge in [-0.05, 0) is 31.4 Å². The molecule has 18 heavy (non-hydrogen) atoms. The largest absolute Gasteiger partial charge is 0.380 e. The van der Waals surface area contributed by atoms with Crippen molar-refractivity contribution in [2.24, 2.45) is 0 Å². The Labute approximate surface area is 112 Å². The summed E-state index contributed by atoms with van der Waals surface area (Å²) in [6, 6.07) is 2.79. The number of hydrogen-bond donors (Lipinski definition) is 1.